The van der Waals surface area contributed by atoms with E-state index in [1.54, 1.807) is 20.4 Å². The number of hydrogen-bond donors (Lipinski definition) is 2. The Morgan fingerprint density at radius 2 is 1.96 bits per heavy atom. The number of methoxy groups -OCH3 is 1. The minimum Gasteiger partial charge on any atom is -0.497 e. The molecular formula is C18H25IN4O2. The summed E-state index contributed by atoms with van der Waals surface area (Å²) in [6.07, 6.45) is 2.64. The fraction of sp³-hybridized carbons (Fsp3) is 0.333. The Morgan fingerprint density at radius 3 is 2.68 bits per heavy atom. The predicted octanol–water partition coefficient (Wildman–Crippen LogP) is 2.84. The van der Waals surface area contributed by atoms with Crippen molar-refractivity contribution in [1.29, 1.82) is 0 Å². The molecule has 2 rings (SSSR count). The van der Waals surface area contributed by atoms with Crippen molar-refractivity contribution in [2.75, 3.05) is 27.3 Å². The maximum atomic E-state index is 5.70. The number of nitrogens with one attached hydrogen (secondary N) is 2. The molecule has 2 aromatic rings. The van der Waals surface area contributed by atoms with Crippen LogP contribution < -0.4 is 20.1 Å². The van der Waals surface area contributed by atoms with E-state index in [2.05, 4.69) is 20.6 Å². The van der Waals surface area contributed by atoms with Gasteiger partial charge < -0.3 is 20.1 Å². The average Bonchev–Trinajstić information content (AvgIpc) is 2.65. The van der Waals surface area contributed by atoms with Crippen LogP contribution in [0.15, 0.2) is 53.7 Å². The number of aliphatic imine (C=N–C) groups is 1. The second kappa shape index (κ2) is 12.3. The molecule has 2 N–H and O–H groups in total. The van der Waals surface area contributed by atoms with E-state index in [0.29, 0.717) is 13.2 Å². The second-order valence-corrected chi connectivity index (χ2v) is 5.05. The zero-order valence-electron chi connectivity index (χ0n) is 14.6. The highest BCUT2D eigenvalue weighted by Crippen LogP contribution is 2.18. The lowest BCUT2D eigenvalue weighted by atomic mass is 10.3. The largest absolute Gasteiger partial charge is 0.497 e. The first-order valence-electron chi connectivity index (χ1n) is 7.93. The summed E-state index contributed by atoms with van der Waals surface area (Å²) in [5, 5.41) is 6.48. The minimum atomic E-state index is 0. The standard InChI is InChI=1S/C18H24N4O2.HI/c1-19-18(22-14-15-7-3-4-10-20-15)21-11-6-12-24-17-9-5-8-16(13-17)23-2;/h3-5,7-10,13H,6,11-12,14H2,1-2H3,(H2,19,21,22);1H. The number of rotatable bonds is 8. The van der Waals surface area contributed by atoms with Crippen molar-refractivity contribution < 1.29 is 9.47 Å². The van der Waals surface area contributed by atoms with Gasteiger partial charge >= 0.3 is 0 Å². The van der Waals surface area contributed by atoms with E-state index in [0.717, 1.165) is 36.1 Å². The molecule has 0 aliphatic heterocycles. The van der Waals surface area contributed by atoms with E-state index in [1.807, 2.05) is 42.5 Å². The van der Waals surface area contributed by atoms with Crippen molar-refractivity contribution in [3.63, 3.8) is 0 Å². The van der Waals surface area contributed by atoms with Crippen molar-refractivity contribution in [1.82, 2.24) is 15.6 Å². The Kier molecular flexibility index (Phi) is 10.4. The first kappa shape index (κ1) is 21.0. The summed E-state index contributed by atoms with van der Waals surface area (Å²) in [5.74, 6) is 2.36. The van der Waals surface area contributed by atoms with E-state index in [9.17, 15) is 0 Å². The van der Waals surface area contributed by atoms with Gasteiger partial charge in [0.25, 0.3) is 0 Å². The van der Waals surface area contributed by atoms with Crippen molar-refractivity contribution in [2.24, 2.45) is 4.99 Å². The molecule has 0 fully saturated rings. The third kappa shape index (κ3) is 8.06. The second-order valence-electron chi connectivity index (χ2n) is 5.05. The van der Waals surface area contributed by atoms with Crippen molar-refractivity contribution in [3.8, 4) is 11.5 Å². The smallest absolute Gasteiger partial charge is 0.191 e. The number of guanidine groups is 1. The van der Waals surface area contributed by atoms with Crippen LogP contribution in [0.25, 0.3) is 0 Å². The van der Waals surface area contributed by atoms with Gasteiger partial charge in [-0.15, -0.1) is 24.0 Å². The summed E-state index contributed by atoms with van der Waals surface area (Å²) in [4.78, 5) is 8.46. The third-order valence-electron chi connectivity index (χ3n) is 3.31. The molecule has 6 nitrogen and oxygen atoms in total. The summed E-state index contributed by atoms with van der Waals surface area (Å²) in [7, 11) is 3.40. The fourth-order valence-corrected chi connectivity index (χ4v) is 2.06. The Bertz CT molecular complexity index is 638. The van der Waals surface area contributed by atoms with Crippen LogP contribution >= 0.6 is 24.0 Å². The molecule has 1 heterocycles. The van der Waals surface area contributed by atoms with E-state index in [4.69, 9.17) is 9.47 Å². The summed E-state index contributed by atoms with van der Waals surface area (Å²) in [5.41, 5.74) is 0.974. The van der Waals surface area contributed by atoms with Gasteiger partial charge in [-0.25, -0.2) is 0 Å². The number of halogens is 1. The molecule has 25 heavy (non-hydrogen) atoms. The van der Waals surface area contributed by atoms with Crippen LogP contribution in [0.4, 0.5) is 0 Å². The zero-order chi connectivity index (χ0) is 17.0. The topological polar surface area (TPSA) is 67.8 Å². The van der Waals surface area contributed by atoms with Crippen LogP contribution in [-0.2, 0) is 6.54 Å². The van der Waals surface area contributed by atoms with Gasteiger partial charge in [-0.2, -0.15) is 0 Å². The van der Waals surface area contributed by atoms with Gasteiger partial charge in [-0.05, 0) is 30.7 Å². The summed E-state index contributed by atoms with van der Waals surface area (Å²) in [6, 6.07) is 13.4. The number of aromatic nitrogens is 1. The van der Waals surface area contributed by atoms with Crippen molar-refractivity contribution >= 4 is 29.9 Å². The van der Waals surface area contributed by atoms with Gasteiger partial charge in [-0.3, -0.25) is 9.98 Å². The normalized spacial score (nSPS) is 10.6. The average molecular weight is 456 g/mol. The molecule has 0 bridgehead atoms. The van der Waals surface area contributed by atoms with E-state index >= 15 is 0 Å². The van der Waals surface area contributed by atoms with Crippen LogP contribution in [0.3, 0.4) is 0 Å². The van der Waals surface area contributed by atoms with Gasteiger partial charge in [0.2, 0.25) is 0 Å². The molecule has 0 saturated carbocycles. The molecular weight excluding hydrogens is 431 g/mol. The van der Waals surface area contributed by atoms with Crippen LogP contribution in [0.5, 0.6) is 11.5 Å². The third-order valence-corrected chi connectivity index (χ3v) is 3.31. The molecule has 0 spiro atoms. The lowest BCUT2D eigenvalue weighted by molar-refractivity contribution is 0.308. The Hall–Kier alpha value is -2.03. The van der Waals surface area contributed by atoms with Gasteiger partial charge in [0, 0.05) is 25.9 Å². The van der Waals surface area contributed by atoms with Crippen LogP contribution in [0.1, 0.15) is 12.1 Å². The van der Waals surface area contributed by atoms with Crippen LogP contribution in [0, 0.1) is 0 Å². The fourth-order valence-electron chi connectivity index (χ4n) is 2.06. The lowest BCUT2D eigenvalue weighted by Gasteiger charge is -2.12. The van der Waals surface area contributed by atoms with Gasteiger partial charge in [0.05, 0.1) is 26.0 Å². The first-order valence-corrected chi connectivity index (χ1v) is 7.93. The number of ether oxygens (including phenoxy) is 2. The van der Waals surface area contributed by atoms with Gasteiger partial charge in [0.1, 0.15) is 11.5 Å². The molecule has 7 heteroatoms. The number of hydrogen-bond acceptors (Lipinski definition) is 4. The first-order chi connectivity index (χ1) is 11.8. The van der Waals surface area contributed by atoms with Gasteiger partial charge in [-0.1, -0.05) is 12.1 Å². The highest BCUT2D eigenvalue weighted by Gasteiger charge is 2.00. The molecule has 0 radical (unpaired) electrons. The molecule has 0 amide bonds. The molecule has 0 saturated heterocycles. The monoisotopic (exact) mass is 456 g/mol. The molecule has 136 valence electrons. The predicted molar refractivity (Wildman–Crippen MR) is 111 cm³/mol. The number of pyridine rings is 1. The highest BCUT2D eigenvalue weighted by molar-refractivity contribution is 14.0. The Balaban J connectivity index is 0.00000312. The molecule has 1 aromatic heterocycles. The summed E-state index contributed by atoms with van der Waals surface area (Å²) >= 11 is 0. The van der Waals surface area contributed by atoms with Gasteiger partial charge in [0.15, 0.2) is 5.96 Å². The zero-order valence-corrected chi connectivity index (χ0v) is 16.9. The van der Waals surface area contributed by atoms with Crippen molar-refractivity contribution in [2.45, 2.75) is 13.0 Å². The van der Waals surface area contributed by atoms with E-state index in [-0.39, 0.29) is 24.0 Å². The van der Waals surface area contributed by atoms with Crippen LogP contribution in [-0.4, -0.2) is 38.3 Å². The summed E-state index contributed by atoms with van der Waals surface area (Å²) in [6.45, 7) is 2.03. The van der Waals surface area contributed by atoms with E-state index in [1.165, 1.54) is 0 Å². The number of nitrogens with zero attached hydrogens (tertiary/aromatic N) is 2. The maximum Gasteiger partial charge on any atom is 0.191 e. The summed E-state index contributed by atoms with van der Waals surface area (Å²) < 4.78 is 10.9. The van der Waals surface area contributed by atoms with Crippen LogP contribution in [0.2, 0.25) is 0 Å². The SMILES string of the molecule is CN=C(NCCCOc1cccc(OC)c1)NCc1ccccn1.I. The van der Waals surface area contributed by atoms with E-state index < -0.39 is 0 Å². The maximum absolute atomic E-state index is 5.70. The lowest BCUT2D eigenvalue weighted by Crippen LogP contribution is -2.37. The molecule has 0 atom stereocenters. The number of benzene rings is 1. The quantitative estimate of drug-likeness (QED) is 0.277. The minimum absolute atomic E-state index is 0. The molecule has 0 aliphatic rings. The molecule has 0 aliphatic carbocycles. The molecule has 1 aromatic carbocycles. The van der Waals surface area contributed by atoms with Crippen molar-refractivity contribution in [3.05, 3.63) is 54.4 Å². The Morgan fingerprint density at radius 1 is 1.12 bits per heavy atom. The molecule has 0 unspecified atom stereocenters. The Labute approximate surface area is 166 Å². The highest BCUT2D eigenvalue weighted by atomic mass is 127.